The van der Waals surface area contributed by atoms with Crippen LogP contribution in [-0.4, -0.2) is 46.7 Å². The Balaban J connectivity index is 1.76. The van der Waals surface area contributed by atoms with Crippen LogP contribution in [-0.2, 0) is 19.6 Å². The quantitative estimate of drug-likeness (QED) is 0.288. The number of nitrogens with two attached hydrogens (primary N) is 1. The number of rotatable bonds is 11. The van der Waals surface area contributed by atoms with Crippen molar-refractivity contribution in [1.29, 1.82) is 0 Å². The van der Waals surface area contributed by atoms with Gasteiger partial charge in [-0.1, -0.05) is 29.8 Å². The highest BCUT2D eigenvalue weighted by molar-refractivity contribution is 7.92. The van der Waals surface area contributed by atoms with E-state index < -0.39 is 28.4 Å². The molecule has 0 aliphatic rings. The molecule has 0 fully saturated rings. The molecular formula is C24H23ClN4O6S. The lowest BCUT2D eigenvalue weighted by Gasteiger charge is -2.24. The van der Waals surface area contributed by atoms with E-state index in [0.29, 0.717) is 17.1 Å². The van der Waals surface area contributed by atoms with Crippen molar-refractivity contribution in [2.75, 3.05) is 24.6 Å². The molecule has 0 atom stereocenters. The van der Waals surface area contributed by atoms with Gasteiger partial charge in [0.25, 0.3) is 21.8 Å². The molecule has 188 valence electrons. The van der Waals surface area contributed by atoms with E-state index in [1.807, 2.05) is 0 Å². The number of hydrogen-bond acceptors (Lipinski definition) is 7. The van der Waals surface area contributed by atoms with Crippen LogP contribution in [0.5, 0.6) is 11.5 Å². The highest BCUT2D eigenvalue weighted by Crippen LogP contribution is 2.31. The number of primary amides is 1. The molecule has 0 saturated carbocycles. The molecule has 0 spiro atoms. The van der Waals surface area contributed by atoms with Crippen LogP contribution in [0.15, 0.2) is 82.8 Å². The van der Waals surface area contributed by atoms with Crippen LogP contribution in [0.2, 0.25) is 5.02 Å². The number of amides is 2. The molecule has 0 aromatic heterocycles. The van der Waals surface area contributed by atoms with Crippen LogP contribution in [0.25, 0.3) is 0 Å². The molecule has 0 saturated heterocycles. The molecule has 0 aliphatic carbocycles. The Kier molecular flexibility index (Phi) is 8.87. The Morgan fingerprint density at radius 3 is 2.39 bits per heavy atom. The highest BCUT2D eigenvalue weighted by Gasteiger charge is 2.27. The lowest BCUT2D eigenvalue weighted by Crippen LogP contribution is -2.39. The summed E-state index contributed by atoms with van der Waals surface area (Å²) in [6.45, 7) is -0.803. The van der Waals surface area contributed by atoms with Gasteiger partial charge in [0.1, 0.15) is 18.0 Å². The summed E-state index contributed by atoms with van der Waals surface area (Å²) >= 11 is 6.20. The lowest BCUT2D eigenvalue weighted by atomic mass is 10.2. The van der Waals surface area contributed by atoms with E-state index in [-0.39, 0.29) is 22.2 Å². The van der Waals surface area contributed by atoms with E-state index in [2.05, 4.69) is 10.5 Å². The third-order valence-corrected chi connectivity index (χ3v) is 6.79. The molecule has 0 heterocycles. The normalized spacial score (nSPS) is 11.2. The van der Waals surface area contributed by atoms with Crippen molar-refractivity contribution in [3.05, 3.63) is 83.4 Å². The molecular weight excluding hydrogens is 508 g/mol. The van der Waals surface area contributed by atoms with Gasteiger partial charge >= 0.3 is 0 Å². The maximum absolute atomic E-state index is 13.3. The number of nitrogens with zero attached hydrogens (tertiary/aromatic N) is 2. The van der Waals surface area contributed by atoms with E-state index in [9.17, 15) is 18.0 Å². The van der Waals surface area contributed by atoms with Crippen molar-refractivity contribution in [3.8, 4) is 11.5 Å². The number of sulfonamides is 1. The molecule has 3 rings (SSSR count). The summed E-state index contributed by atoms with van der Waals surface area (Å²) in [6.07, 6.45) is 1.37. The summed E-state index contributed by atoms with van der Waals surface area (Å²) < 4.78 is 37.9. The third-order valence-electron chi connectivity index (χ3n) is 4.71. The number of nitrogens with one attached hydrogen (secondary N) is 1. The van der Waals surface area contributed by atoms with Gasteiger partial charge in [0.05, 0.1) is 28.9 Å². The molecule has 0 unspecified atom stereocenters. The number of anilines is 1. The maximum Gasteiger partial charge on any atom is 0.264 e. The SMILES string of the molecule is COc1ccc(N(CC(=O)N/N=C\c2ccc(OCC(N)=O)cc2)S(=O)(=O)c2ccccc2)cc1Cl. The van der Waals surface area contributed by atoms with Gasteiger partial charge in [-0.3, -0.25) is 13.9 Å². The van der Waals surface area contributed by atoms with Crippen molar-refractivity contribution in [2.45, 2.75) is 4.90 Å². The van der Waals surface area contributed by atoms with E-state index in [1.54, 1.807) is 42.5 Å². The van der Waals surface area contributed by atoms with Crippen LogP contribution in [0.3, 0.4) is 0 Å². The molecule has 36 heavy (non-hydrogen) atoms. The fourth-order valence-corrected chi connectivity index (χ4v) is 4.68. The lowest BCUT2D eigenvalue weighted by molar-refractivity contribution is -0.120. The molecule has 10 nitrogen and oxygen atoms in total. The molecule has 3 N–H and O–H groups in total. The first-order valence-electron chi connectivity index (χ1n) is 10.4. The van der Waals surface area contributed by atoms with Crippen LogP contribution in [0, 0.1) is 0 Å². The van der Waals surface area contributed by atoms with E-state index in [1.165, 1.54) is 43.7 Å². The number of benzene rings is 3. The zero-order chi connectivity index (χ0) is 26.1. The smallest absolute Gasteiger partial charge is 0.264 e. The molecule has 0 bridgehead atoms. The Hall–Kier alpha value is -4.09. The Morgan fingerprint density at radius 1 is 1.08 bits per heavy atom. The fraction of sp³-hybridized carbons (Fsp3) is 0.125. The summed E-state index contributed by atoms with van der Waals surface area (Å²) in [5, 5.41) is 4.07. The van der Waals surface area contributed by atoms with Crippen LogP contribution in [0.4, 0.5) is 5.69 Å². The highest BCUT2D eigenvalue weighted by atomic mass is 35.5. The van der Waals surface area contributed by atoms with Crippen molar-refractivity contribution >= 4 is 45.3 Å². The third kappa shape index (κ3) is 6.96. The largest absolute Gasteiger partial charge is 0.495 e. The first kappa shape index (κ1) is 26.5. The Morgan fingerprint density at radius 2 is 1.78 bits per heavy atom. The summed E-state index contributed by atoms with van der Waals surface area (Å²) in [4.78, 5) is 23.4. The second-order valence-electron chi connectivity index (χ2n) is 7.26. The van der Waals surface area contributed by atoms with Gasteiger partial charge in [-0.05, 0) is 60.2 Å². The van der Waals surface area contributed by atoms with E-state index in [4.69, 9.17) is 26.8 Å². The van der Waals surface area contributed by atoms with Crippen molar-refractivity contribution in [3.63, 3.8) is 0 Å². The second kappa shape index (κ2) is 12.0. The van der Waals surface area contributed by atoms with Gasteiger partial charge in [-0.15, -0.1) is 0 Å². The van der Waals surface area contributed by atoms with E-state index >= 15 is 0 Å². The molecule has 0 radical (unpaired) electrons. The minimum Gasteiger partial charge on any atom is -0.495 e. The number of hydrazone groups is 1. The fourth-order valence-electron chi connectivity index (χ4n) is 2.99. The average molecular weight is 531 g/mol. The average Bonchev–Trinajstić information content (AvgIpc) is 2.87. The van der Waals surface area contributed by atoms with E-state index in [0.717, 1.165) is 4.31 Å². The summed E-state index contributed by atoms with van der Waals surface area (Å²) in [5.41, 5.74) is 8.16. The second-order valence-corrected chi connectivity index (χ2v) is 9.53. The first-order valence-corrected chi connectivity index (χ1v) is 12.3. The van der Waals surface area contributed by atoms with Gasteiger partial charge in [0, 0.05) is 0 Å². The standard InChI is InChI=1S/C24H23ClN4O6S/c1-34-22-12-9-18(13-21(22)25)29(36(32,33)20-5-3-2-4-6-20)15-24(31)28-27-14-17-7-10-19(11-8-17)35-16-23(26)30/h2-14H,15-16H2,1H3,(H2,26,30)(H,28,31)/b27-14-. The van der Waals surface area contributed by atoms with Crippen molar-refractivity contribution in [1.82, 2.24) is 5.43 Å². The molecule has 3 aromatic carbocycles. The zero-order valence-electron chi connectivity index (χ0n) is 19.1. The number of carbonyl (C=O) groups is 2. The minimum atomic E-state index is -4.10. The summed E-state index contributed by atoms with van der Waals surface area (Å²) in [5.74, 6) is -0.477. The Labute approximate surface area is 213 Å². The number of carbonyl (C=O) groups excluding carboxylic acids is 2. The molecule has 3 aromatic rings. The van der Waals surface area contributed by atoms with Gasteiger partial charge in [-0.25, -0.2) is 13.8 Å². The first-order chi connectivity index (χ1) is 17.2. The van der Waals surface area contributed by atoms with Crippen LogP contribution >= 0.6 is 11.6 Å². The summed E-state index contributed by atoms with van der Waals surface area (Å²) in [7, 11) is -2.67. The molecule has 2 amide bonds. The monoisotopic (exact) mass is 530 g/mol. The van der Waals surface area contributed by atoms with Gasteiger partial charge in [0.15, 0.2) is 6.61 Å². The van der Waals surface area contributed by atoms with Crippen molar-refractivity contribution in [2.24, 2.45) is 10.8 Å². The Bertz CT molecular complexity index is 1350. The molecule has 12 heteroatoms. The number of halogens is 1. The van der Waals surface area contributed by atoms with Crippen LogP contribution < -0.4 is 24.9 Å². The predicted octanol–water partition coefficient (Wildman–Crippen LogP) is 2.56. The van der Waals surface area contributed by atoms with Crippen molar-refractivity contribution < 1.29 is 27.5 Å². The summed E-state index contributed by atoms with van der Waals surface area (Å²) in [6, 6.07) is 18.6. The minimum absolute atomic E-state index is 0.00638. The van der Waals surface area contributed by atoms with Gasteiger partial charge in [0.2, 0.25) is 0 Å². The number of hydrogen-bond donors (Lipinski definition) is 2. The zero-order valence-corrected chi connectivity index (χ0v) is 20.7. The number of ether oxygens (including phenoxy) is 2. The number of methoxy groups -OCH3 is 1. The van der Waals surface area contributed by atoms with Gasteiger partial charge in [-0.2, -0.15) is 5.10 Å². The predicted molar refractivity (Wildman–Crippen MR) is 136 cm³/mol. The maximum atomic E-state index is 13.3. The molecule has 0 aliphatic heterocycles. The topological polar surface area (TPSA) is 140 Å². The van der Waals surface area contributed by atoms with Gasteiger partial charge < -0.3 is 15.2 Å². The van der Waals surface area contributed by atoms with Crippen LogP contribution in [0.1, 0.15) is 5.56 Å².